The molecule has 0 radical (unpaired) electrons. The number of amides is 1. The van der Waals surface area contributed by atoms with E-state index in [1.54, 1.807) is 13.0 Å². The number of quaternary nitrogens is 1. The summed E-state index contributed by atoms with van der Waals surface area (Å²) in [6, 6.07) is 13.2. The summed E-state index contributed by atoms with van der Waals surface area (Å²) in [7, 11) is 2.16. The number of carbonyl (C=O) groups excluding carboxylic acids is 1. The van der Waals surface area contributed by atoms with E-state index in [2.05, 4.69) is 7.05 Å². The monoisotopic (exact) mass is 391 g/mol. The number of carbonyl (C=O) groups is 1. The van der Waals surface area contributed by atoms with Crippen molar-refractivity contribution in [1.29, 1.82) is 0 Å². The fourth-order valence-corrected chi connectivity index (χ4v) is 4.36. The summed E-state index contributed by atoms with van der Waals surface area (Å²) in [6.45, 7) is 5.24. The second kappa shape index (κ2) is 8.44. The first-order valence-electron chi connectivity index (χ1n) is 8.80. The van der Waals surface area contributed by atoms with Crippen molar-refractivity contribution in [3.05, 3.63) is 58.6 Å². The normalized spacial score (nSPS) is 16.5. The minimum Gasteiger partial charge on any atom is -0.389 e. The highest BCUT2D eigenvalue weighted by molar-refractivity contribution is 7.99. The predicted octanol–water partition coefficient (Wildman–Crippen LogP) is 2.52. The van der Waals surface area contributed by atoms with Gasteiger partial charge in [-0.25, -0.2) is 0 Å². The fourth-order valence-electron chi connectivity index (χ4n) is 3.05. The number of halogens is 1. The van der Waals surface area contributed by atoms with Crippen molar-refractivity contribution >= 4 is 29.3 Å². The van der Waals surface area contributed by atoms with E-state index in [0.717, 1.165) is 41.5 Å². The summed E-state index contributed by atoms with van der Waals surface area (Å²) < 4.78 is 0. The van der Waals surface area contributed by atoms with Crippen LogP contribution in [0.15, 0.2) is 52.3 Å². The number of hydrogen-bond acceptors (Lipinski definition) is 3. The van der Waals surface area contributed by atoms with Crippen LogP contribution in [0, 0.1) is 0 Å². The molecule has 0 aliphatic carbocycles. The third kappa shape index (κ3) is 4.41. The first-order valence-corrected chi connectivity index (χ1v) is 10.00. The largest absolute Gasteiger partial charge is 0.389 e. The molecule has 1 aliphatic rings. The Morgan fingerprint density at radius 1 is 1.19 bits per heavy atom. The zero-order chi connectivity index (χ0) is 18.7. The van der Waals surface area contributed by atoms with Gasteiger partial charge in [-0.05, 0) is 42.8 Å². The van der Waals surface area contributed by atoms with E-state index >= 15 is 0 Å². The average Bonchev–Trinajstić information content (AvgIpc) is 2.63. The number of aliphatic hydroxyl groups is 1. The topological polar surface area (TPSA) is 45.0 Å². The third-order valence-corrected chi connectivity index (χ3v) is 6.07. The SMILES string of the molecule is C[C@@H](O)c1cc(Cl)ccc1Sc1ccccc1C(=O)N1CC[NH+](C)CC1. The lowest BCUT2D eigenvalue weighted by Gasteiger charge is -2.30. The molecule has 6 heteroatoms. The van der Waals surface area contributed by atoms with Crippen molar-refractivity contribution in [2.24, 2.45) is 0 Å². The van der Waals surface area contributed by atoms with Crippen LogP contribution in [0.3, 0.4) is 0 Å². The summed E-state index contributed by atoms with van der Waals surface area (Å²) in [6.07, 6.45) is -0.625. The maximum absolute atomic E-state index is 13.0. The van der Waals surface area contributed by atoms with Crippen molar-refractivity contribution < 1.29 is 14.8 Å². The lowest BCUT2D eigenvalue weighted by Crippen LogP contribution is -3.12. The highest BCUT2D eigenvalue weighted by Gasteiger charge is 2.24. The molecule has 138 valence electrons. The Kier molecular flexibility index (Phi) is 6.24. The van der Waals surface area contributed by atoms with Gasteiger partial charge in [-0.2, -0.15) is 0 Å². The molecule has 0 unspecified atom stereocenters. The molecule has 1 amide bonds. The van der Waals surface area contributed by atoms with Crippen LogP contribution in [0.1, 0.15) is 28.9 Å². The number of piperazine rings is 1. The zero-order valence-corrected chi connectivity index (χ0v) is 16.6. The molecule has 0 saturated carbocycles. The first kappa shape index (κ1) is 19.2. The number of benzene rings is 2. The Hall–Kier alpha value is -1.53. The van der Waals surface area contributed by atoms with Gasteiger partial charge in [-0.1, -0.05) is 35.5 Å². The van der Waals surface area contributed by atoms with Gasteiger partial charge in [0.1, 0.15) is 0 Å². The average molecular weight is 392 g/mol. The molecule has 0 aromatic heterocycles. The second-order valence-corrected chi connectivity index (χ2v) is 8.23. The molecule has 1 fully saturated rings. The molecular formula is C20H24ClN2O2S+. The Bertz CT molecular complexity index is 789. The maximum Gasteiger partial charge on any atom is 0.255 e. The van der Waals surface area contributed by atoms with Gasteiger partial charge < -0.3 is 14.9 Å². The van der Waals surface area contributed by atoms with Crippen molar-refractivity contribution in [3.63, 3.8) is 0 Å². The quantitative estimate of drug-likeness (QED) is 0.841. The molecule has 1 heterocycles. The minimum atomic E-state index is -0.625. The predicted molar refractivity (Wildman–Crippen MR) is 105 cm³/mol. The van der Waals surface area contributed by atoms with E-state index in [4.69, 9.17) is 11.6 Å². The molecule has 1 aliphatic heterocycles. The molecule has 3 rings (SSSR count). The van der Waals surface area contributed by atoms with Crippen LogP contribution in [0.25, 0.3) is 0 Å². The Morgan fingerprint density at radius 3 is 2.58 bits per heavy atom. The molecular weight excluding hydrogens is 368 g/mol. The van der Waals surface area contributed by atoms with E-state index < -0.39 is 6.10 Å². The van der Waals surface area contributed by atoms with Crippen LogP contribution in [-0.4, -0.2) is 49.1 Å². The number of nitrogens with one attached hydrogen (secondary N) is 1. The van der Waals surface area contributed by atoms with Crippen LogP contribution < -0.4 is 4.90 Å². The summed E-state index contributed by atoms with van der Waals surface area (Å²) in [5.41, 5.74) is 1.48. The van der Waals surface area contributed by atoms with Gasteiger partial charge in [0.2, 0.25) is 0 Å². The standard InChI is InChI=1S/C20H23ClN2O2S/c1-14(24)17-13-15(21)7-8-19(17)26-18-6-4-3-5-16(18)20(25)23-11-9-22(2)10-12-23/h3-8,13-14,24H,9-12H2,1-2H3/p+1/t14-/m1/s1. The lowest BCUT2D eigenvalue weighted by molar-refractivity contribution is -0.883. The number of hydrogen-bond donors (Lipinski definition) is 2. The molecule has 0 bridgehead atoms. The molecule has 2 N–H and O–H groups in total. The highest BCUT2D eigenvalue weighted by Crippen LogP contribution is 2.36. The van der Waals surface area contributed by atoms with E-state index in [9.17, 15) is 9.90 Å². The zero-order valence-electron chi connectivity index (χ0n) is 15.0. The van der Waals surface area contributed by atoms with E-state index in [1.807, 2.05) is 41.3 Å². The number of nitrogens with zero attached hydrogens (tertiary/aromatic N) is 1. The van der Waals surface area contributed by atoms with Gasteiger partial charge in [0.15, 0.2) is 0 Å². The summed E-state index contributed by atoms with van der Waals surface area (Å²) in [4.78, 5) is 18.2. The van der Waals surface area contributed by atoms with Crippen LogP contribution >= 0.6 is 23.4 Å². The molecule has 1 atom stereocenters. The smallest absolute Gasteiger partial charge is 0.255 e. The Balaban J connectivity index is 1.87. The van der Waals surface area contributed by atoms with Gasteiger partial charge in [0.25, 0.3) is 5.91 Å². The second-order valence-electron chi connectivity index (χ2n) is 6.71. The van der Waals surface area contributed by atoms with Gasteiger partial charge in [0, 0.05) is 14.8 Å². The number of likely N-dealkylation sites (N-methyl/N-ethyl adjacent to an activating group) is 1. The number of rotatable bonds is 4. The third-order valence-electron chi connectivity index (χ3n) is 4.66. The van der Waals surface area contributed by atoms with Crippen molar-refractivity contribution in [2.45, 2.75) is 22.8 Å². The Morgan fingerprint density at radius 2 is 1.88 bits per heavy atom. The maximum atomic E-state index is 13.0. The van der Waals surface area contributed by atoms with Crippen LogP contribution in [0.2, 0.25) is 5.02 Å². The van der Waals surface area contributed by atoms with Crippen molar-refractivity contribution in [2.75, 3.05) is 33.2 Å². The van der Waals surface area contributed by atoms with E-state index in [0.29, 0.717) is 10.6 Å². The molecule has 4 nitrogen and oxygen atoms in total. The molecule has 2 aromatic carbocycles. The van der Waals surface area contributed by atoms with Crippen LogP contribution in [-0.2, 0) is 0 Å². The van der Waals surface area contributed by atoms with Gasteiger partial charge in [-0.3, -0.25) is 4.79 Å². The van der Waals surface area contributed by atoms with Crippen molar-refractivity contribution in [3.8, 4) is 0 Å². The van der Waals surface area contributed by atoms with Crippen LogP contribution in [0.4, 0.5) is 0 Å². The van der Waals surface area contributed by atoms with E-state index in [1.165, 1.54) is 16.7 Å². The first-order chi connectivity index (χ1) is 12.5. The van der Waals surface area contributed by atoms with Crippen LogP contribution in [0.5, 0.6) is 0 Å². The molecule has 26 heavy (non-hydrogen) atoms. The van der Waals surface area contributed by atoms with Crippen molar-refractivity contribution in [1.82, 2.24) is 4.90 Å². The molecule has 2 aromatic rings. The summed E-state index contributed by atoms with van der Waals surface area (Å²) in [5, 5.41) is 10.7. The number of aliphatic hydroxyl groups excluding tert-OH is 1. The summed E-state index contributed by atoms with van der Waals surface area (Å²) in [5.74, 6) is 0.0770. The Labute approximate surface area is 163 Å². The highest BCUT2D eigenvalue weighted by atomic mass is 35.5. The van der Waals surface area contributed by atoms with E-state index in [-0.39, 0.29) is 5.91 Å². The van der Waals surface area contributed by atoms with Gasteiger partial charge >= 0.3 is 0 Å². The fraction of sp³-hybridized carbons (Fsp3) is 0.350. The minimum absolute atomic E-state index is 0.0770. The molecule has 0 spiro atoms. The van der Waals surface area contributed by atoms with Gasteiger partial charge in [-0.15, -0.1) is 0 Å². The summed E-state index contributed by atoms with van der Waals surface area (Å²) >= 11 is 7.58. The lowest BCUT2D eigenvalue weighted by atomic mass is 10.1. The molecule has 1 saturated heterocycles. The van der Waals surface area contributed by atoms with Gasteiger partial charge in [0.05, 0.1) is 44.9 Å².